The Morgan fingerprint density at radius 2 is 2.18 bits per heavy atom. The zero-order valence-electron chi connectivity index (χ0n) is 6.27. The molecule has 6 heteroatoms. The Balaban J connectivity index is 4.15. The summed E-state index contributed by atoms with van der Waals surface area (Å²) in [6, 6.07) is -0.937. The maximum Gasteiger partial charge on any atom is 0.331 e. The fraction of sp³-hybridized carbons (Fsp3) is 0.800. The fourth-order valence-corrected chi connectivity index (χ4v) is 0.779. The molecule has 0 aliphatic rings. The number of esters is 1. The SMILES string of the molecule is CCOC(=O)C(C)N=S(=O)=O. The Morgan fingerprint density at radius 1 is 1.64 bits per heavy atom. The monoisotopic (exact) mass is 179 g/mol. The first-order chi connectivity index (χ1) is 5.07. The Kier molecular flexibility index (Phi) is 4.44. The molecule has 1 atom stereocenters. The maximum absolute atomic E-state index is 10.7. The second kappa shape index (κ2) is 4.84. The third kappa shape index (κ3) is 4.49. The number of nitrogens with zero attached hydrogens (tertiary/aromatic N) is 1. The Bertz CT molecular complexity index is 248. The van der Waals surface area contributed by atoms with Crippen LogP contribution in [0.4, 0.5) is 0 Å². The van der Waals surface area contributed by atoms with E-state index < -0.39 is 22.5 Å². The first-order valence-corrected chi connectivity index (χ1v) is 4.08. The van der Waals surface area contributed by atoms with E-state index in [1.807, 2.05) is 0 Å². The summed E-state index contributed by atoms with van der Waals surface area (Å²) >= 11 is 0. The van der Waals surface area contributed by atoms with Crippen LogP contribution in [0.1, 0.15) is 13.8 Å². The van der Waals surface area contributed by atoms with E-state index in [-0.39, 0.29) is 6.61 Å². The number of rotatable bonds is 3. The highest BCUT2D eigenvalue weighted by molar-refractivity contribution is 7.61. The van der Waals surface area contributed by atoms with E-state index in [1.54, 1.807) is 6.92 Å². The topological polar surface area (TPSA) is 72.8 Å². The second-order valence-electron chi connectivity index (χ2n) is 1.75. The van der Waals surface area contributed by atoms with Gasteiger partial charge in [0.1, 0.15) is 0 Å². The molecule has 0 rings (SSSR count). The van der Waals surface area contributed by atoms with Crippen molar-refractivity contribution < 1.29 is 17.9 Å². The molecule has 0 saturated heterocycles. The van der Waals surface area contributed by atoms with Crippen LogP contribution in [0.2, 0.25) is 0 Å². The van der Waals surface area contributed by atoms with Crippen LogP contribution in [0, 0.1) is 0 Å². The number of ether oxygens (including phenoxy) is 1. The van der Waals surface area contributed by atoms with Crippen molar-refractivity contribution in [3.63, 3.8) is 0 Å². The second-order valence-corrected chi connectivity index (χ2v) is 2.40. The van der Waals surface area contributed by atoms with Crippen molar-refractivity contribution in [2.45, 2.75) is 19.9 Å². The molecule has 0 aromatic heterocycles. The van der Waals surface area contributed by atoms with Crippen LogP contribution in [0.25, 0.3) is 0 Å². The van der Waals surface area contributed by atoms with Crippen LogP contribution in [0.5, 0.6) is 0 Å². The summed E-state index contributed by atoms with van der Waals surface area (Å²) in [6.07, 6.45) is 0. The van der Waals surface area contributed by atoms with E-state index in [1.165, 1.54) is 6.92 Å². The van der Waals surface area contributed by atoms with Crippen LogP contribution in [-0.2, 0) is 20.0 Å². The molecule has 0 fully saturated rings. The van der Waals surface area contributed by atoms with Crippen molar-refractivity contribution in [2.24, 2.45) is 4.36 Å². The van der Waals surface area contributed by atoms with E-state index in [4.69, 9.17) is 0 Å². The third-order valence-electron chi connectivity index (χ3n) is 0.872. The van der Waals surface area contributed by atoms with Gasteiger partial charge in [0, 0.05) is 0 Å². The largest absolute Gasteiger partial charge is 0.464 e. The molecule has 0 amide bonds. The van der Waals surface area contributed by atoms with Crippen molar-refractivity contribution in [3.8, 4) is 0 Å². The van der Waals surface area contributed by atoms with Gasteiger partial charge in [0.25, 0.3) is 0 Å². The highest BCUT2D eigenvalue weighted by Crippen LogP contribution is 1.92. The predicted octanol–water partition coefficient (Wildman–Crippen LogP) is 0.000700. The van der Waals surface area contributed by atoms with Gasteiger partial charge >= 0.3 is 16.5 Å². The van der Waals surface area contributed by atoms with Crippen LogP contribution in [0.15, 0.2) is 4.36 Å². The molecule has 0 heterocycles. The minimum absolute atomic E-state index is 0.226. The smallest absolute Gasteiger partial charge is 0.331 e. The van der Waals surface area contributed by atoms with Gasteiger partial charge in [-0.15, -0.1) is 0 Å². The van der Waals surface area contributed by atoms with Crippen LogP contribution < -0.4 is 0 Å². The van der Waals surface area contributed by atoms with Crippen LogP contribution in [-0.4, -0.2) is 27.0 Å². The van der Waals surface area contributed by atoms with Gasteiger partial charge in [-0.05, 0) is 13.8 Å². The summed E-state index contributed by atoms with van der Waals surface area (Å²) in [4.78, 5) is 10.7. The molecular weight excluding hydrogens is 170 g/mol. The minimum atomic E-state index is -2.55. The van der Waals surface area contributed by atoms with E-state index in [0.717, 1.165) is 0 Å². The van der Waals surface area contributed by atoms with Gasteiger partial charge < -0.3 is 4.74 Å². The Hall–Kier alpha value is -0.910. The standard InChI is InChI=1S/C5H9NO4S/c1-3-10-5(7)4(2)6-11(8)9/h4H,3H2,1-2H3. The van der Waals surface area contributed by atoms with Crippen molar-refractivity contribution in [1.82, 2.24) is 0 Å². The molecule has 0 aromatic rings. The van der Waals surface area contributed by atoms with Crippen molar-refractivity contribution >= 4 is 16.5 Å². The van der Waals surface area contributed by atoms with Gasteiger partial charge in [0.05, 0.1) is 6.61 Å². The quantitative estimate of drug-likeness (QED) is 0.571. The molecule has 0 N–H and O–H groups in total. The van der Waals surface area contributed by atoms with Gasteiger partial charge in [0.15, 0.2) is 6.04 Å². The molecule has 0 spiro atoms. The van der Waals surface area contributed by atoms with Gasteiger partial charge in [-0.1, -0.05) is 0 Å². The van der Waals surface area contributed by atoms with Crippen LogP contribution >= 0.6 is 0 Å². The predicted molar refractivity (Wildman–Crippen MR) is 37.4 cm³/mol. The van der Waals surface area contributed by atoms with Crippen LogP contribution in [0.3, 0.4) is 0 Å². The summed E-state index contributed by atoms with van der Waals surface area (Å²) in [7, 11) is -2.55. The zero-order valence-corrected chi connectivity index (χ0v) is 7.09. The summed E-state index contributed by atoms with van der Waals surface area (Å²) in [5.74, 6) is -0.628. The Labute approximate surface area is 66.1 Å². The van der Waals surface area contributed by atoms with E-state index >= 15 is 0 Å². The van der Waals surface area contributed by atoms with Gasteiger partial charge in [-0.3, -0.25) is 0 Å². The lowest BCUT2D eigenvalue weighted by atomic mass is 10.4. The molecule has 0 radical (unpaired) electrons. The normalized spacial score (nSPS) is 11.8. The number of carbonyl (C=O) groups excluding carboxylic acids is 1. The lowest BCUT2D eigenvalue weighted by Crippen LogP contribution is -2.17. The van der Waals surface area contributed by atoms with Crippen molar-refractivity contribution in [1.29, 1.82) is 0 Å². The molecule has 0 saturated carbocycles. The van der Waals surface area contributed by atoms with Gasteiger partial charge in [0.2, 0.25) is 0 Å². The first kappa shape index (κ1) is 10.1. The molecule has 64 valence electrons. The molecule has 0 aliphatic carbocycles. The summed E-state index contributed by atoms with van der Waals surface area (Å²) in [5.41, 5.74) is 0. The molecule has 1 unspecified atom stereocenters. The maximum atomic E-state index is 10.7. The van der Waals surface area contributed by atoms with Gasteiger partial charge in [-0.2, -0.15) is 12.8 Å². The first-order valence-electron chi connectivity index (χ1n) is 3.04. The van der Waals surface area contributed by atoms with E-state index in [0.29, 0.717) is 0 Å². The number of hydrogen-bond acceptors (Lipinski definition) is 5. The summed E-state index contributed by atoms with van der Waals surface area (Å²) in [5, 5.41) is 0. The van der Waals surface area contributed by atoms with Crippen molar-refractivity contribution in [2.75, 3.05) is 6.61 Å². The fourth-order valence-electron chi connectivity index (χ4n) is 0.435. The zero-order chi connectivity index (χ0) is 8.85. The highest BCUT2D eigenvalue weighted by atomic mass is 32.2. The van der Waals surface area contributed by atoms with E-state index in [2.05, 4.69) is 9.10 Å². The molecule has 0 aromatic carbocycles. The number of hydrogen-bond donors (Lipinski definition) is 0. The average molecular weight is 179 g/mol. The highest BCUT2D eigenvalue weighted by Gasteiger charge is 2.11. The summed E-state index contributed by atoms with van der Waals surface area (Å²) < 4.78 is 27.4. The molecule has 0 bridgehead atoms. The lowest BCUT2D eigenvalue weighted by Gasteiger charge is -2.01. The Morgan fingerprint density at radius 3 is 2.55 bits per heavy atom. The van der Waals surface area contributed by atoms with E-state index in [9.17, 15) is 13.2 Å². The molecule has 11 heavy (non-hydrogen) atoms. The van der Waals surface area contributed by atoms with Gasteiger partial charge in [-0.25, -0.2) is 4.79 Å². The number of carbonyl (C=O) groups is 1. The third-order valence-corrected chi connectivity index (χ3v) is 1.36. The summed E-state index contributed by atoms with van der Waals surface area (Å²) in [6.45, 7) is 3.22. The molecular formula is C5H9NO4S. The lowest BCUT2D eigenvalue weighted by molar-refractivity contribution is -0.144. The molecule has 5 nitrogen and oxygen atoms in total. The minimum Gasteiger partial charge on any atom is -0.464 e. The average Bonchev–Trinajstić information content (AvgIpc) is 1.86. The molecule has 0 aliphatic heterocycles. The van der Waals surface area contributed by atoms with Crippen molar-refractivity contribution in [3.05, 3.63) is 0 Å².